The number of nitrogens with one attached hydrogen (secondary N) is 1. The van der Waals surface area contributed by atoms with Crippen LogP contribution in [0.2, 0.25) is 0 Å². The molecular formula is C10H20N2O3S. The fourth-order valence-corrected chi connectivity index (χ4v) is 1.85. The molecule has 5 nitrogen and oxygen atoms in total. The molecule has 0 spiro atoms. The van der Waals surface area contributed by atoms with Crippen molar-refractivity contribution >= 4 is 23.8 Å². The van der Waals surface area contributed by atoms with Gasteiger partial charge in [0.2, 0.25) is 0 Å². The van der Waals surface area contributed by atoms with Gasteiger partial charge in [0.15, 0.2) is 0 Å². The molecule has 0 heterocycles. The number of rotatable bonds is 6. The van der Waals surface area contributed by atoms with Crippen LogP contribution in [0.4, 0.5) is 4.79 Å². The molecule has 0 fully saturated rings. The van der Waals surface area contributed by atoms with Crippen LogP contribution in [-0.2, 0) is 4.79 Å². The topological polar surface area (TPSA) is 69.6 Å². The molecule has 6 heteroatoms. The fraction of sp³-hybridized carbons (Fsp3) is 0.800. The quantitative estimate of drug-likeness (QED) is 0.742. The third kappa shape index (κ3) is 4.74. The van der Waals surface area contributed by atoms with E-state index >= 15 is 0 Å². The van der Waals surface area contributed by atoms with Crippen molar-refractivity contribution in [2.45, 2.75) is 32.4 Å². The molecule has 0 aromatic heterocycles. The standard InChI is InChI=1S/C10H20N2O3S/c1-5-8(9(13)14)11-10(15)12(3)7(2)6-16-4/h7-8H,5-6H2,1-4H3,(H,11,15)(H,13,14)/t7?,8-/m1/s1. The second-order valence-electron chi connectivity index (χ2n) is 3.66. The van der Waals surface area contributed by atoms with Crippen molar-refractivity contribution in [2.24, 2.45) is 0 Å². The largest absolute Gasteiger partial charge is 0.480 e. The molecule has 0 aliphatic heterocycles. The van der Waals surface area contributed by atoms with Gasteiger partial charge in [-0.05, 0) is 19.6 Å². The molecule has 0 aromatic rings. The molecule has 2 amide bonds. The van der Waals surface area contributed by atoms with Crippen molar-refractivity contribution in [3.8, 4) is 0 Å². The van der Waals surface area contributed by atoms with Crippen LogP contribution in [0, 0.1) is 0 Å². The lowest BCUT2D eigenvalue weighted by Gasteiger charge is -2.26. The maximum absolute atomic E-state index is 11.7. The van der Waals surface area contributed by atoms with Gasteiger partial charge in [0, 0.05) is 18.8 Å². The van der Waals surface area contributed by atoms with Gasteiger partial charge in [-0.1, -0.05) is 6.92 Å². The fourth-order valence-electron chi connectivity index (χ4n) is 1.14. The maximum Gasteiger partial charge on any atom is 0.326 e. The molecule has 0 aromatic carbocycles. The Kier molecular flexibility index (Phi) is 6.96. The van der Waals surface area contributed by atoms with E-state index < -0.39 is 12.0 Å². The van der Waals surface area contributed by atoms with Crippen LogP contribution in [0.25, 0.3) is 0 Å². The first-order valence-corrected chi connectivity index (χ1v) is 6.58. The number of nitrogens with zero attached hydrogens (tertiary/aromatic N) is 1. The number of hydrogen-bond donors (Lipinski definition) is 2. The van der Waals surface area contributed by atoms with Gasteiger partial charge < -0.3 is 15.3 Å². The first-order chi connectivity index (χ1) is 7.43. The first kappa shape index (κ1) is 15.1. The van der Waals surface area contributed by atoms with E-state index in [0.29, 0.717) is 6.42 Å². The molecule has 0 radical (unpaired) electrons. The lowest BCUT2D eigenvalue weighted by Crippen LogP contribution is -2.49. The van der Waals surface area contributed by atoms with Crippen LogP contribution >= 0.6 is 11.8 Å². The molecule has 1 unspecified atom stereocenters. The van der Waals surface area contributed by atoms with Crippen LogP contribution < -0.4 is 5.32 Å². The number of carbonyl (C=O) groups excluding carboxylic acids is 1. The third-order valence-electron chi connectivity index (χ3n) is 2.39. The summed E-state index contributed by atoms with van der Waals surface area (Å²) in [5.41, 5.74) is 0. The Morgan fingerprint density at radius 3 is 2.44 bits per heavy atom. The van der Waals surface area contributed by atoms with Crippen LogP contribution in [0.5, 0.6) is 0 Å². The normalized spacial score (nSPS) is 14.0. The number of hydrogen-bond acceptors (Lipinski definition) is 3. The summed E-state index contributed by atoms with van der Waals surface area (Å²) >= 11 is 1.65. The number of amides is 2. The minimum Gasteiger partial charge on any atom is -0.480 e. The van der Waals surface area contributed by atoms with Gasteiger partial charge in [-0.25, -0.2) is 9.59 Å². The summed E-state index contributed by atoms with van der Waals surface area (Å²) in [6, 6.07) is -1.06. The molecule has 2 N–H and O–H groups in total. The zero-order valence-corrected chi connectivity index (χ0v) is 11.0. The van der Waals surface area contributed by atoms with Gasteiger partial charge in [-0.15, -0.1) is 0 Å². The molecule has 0 bridgehead atoms. The number of carboxylic acids is 1. The third-order valence-corrected chi connectivity index (χ3v) is 3.21. The van der Waals surface area contributed by atoms with Crippen molar-refractivity contribution in [2.75, 3.05) is 19.1 Å². The van der Waals surface area contributed by atoms with Crippen LogP contribution in [-0.4, -0.2) is 53.1 Å². The molecule has 0 saturated heterocycles. The molecule has 0 rings (SSSR count). The zero-order chi connectivity index (χ0) is 12.7. The highest BCUT2D eigenvalue weighted by molar-refractivity contribution is 7.98. The highest BCUT2D eigenvalue weighted by Crippen LogP contribution is 2.04. The van der Waals surface area contributed by atoms with E-state index in [-0.39, 0.29) is 12.1 Å². The van der Waals surface area contributed by atoms with E-state index in [9.17, 15) is 9.59 Å². The lowest BCUT2D eigenvalue weighted by atomic mass is 10.2. The predicted molar refractivity (Wildman–Crippen MR) is 65.9 cm³/mol. The van der Waals surface area contributed by atoms with Crippen molar-refractivity contribution in [3.05, 3.63) is 0 Å². The van der Waals surface area contributed by atoms with Gasteiger partial charge in [0.1, 0.15) is 6.04 Å². The smallest absolute Gasteiger partial charge is 0.326 e. The number of aliphatic carboxylic acids is 1. The minimum absolute atomic E-state index is 0.0845. The highest BCUT2D eigenvalue weighted by Gasteiger charge is 2.21. The molecule has 2 atom stereocenters. The zero-order valence-electron chi connectivity index (χ0n) is 10.2. The van der Waals surface area contributed by atoms with E-state index in [4.69, 9.17) is 5.11 Å². The number of carboxylic acid groups (broad SMARTS) is 1. The summed E-state index contributed by atoms with van der Waals surface area (Å²) < 4.78 is 0. The molecule has 94 valence electrons. The predicted octanol–water partition coefficient (Wildman–Crippen LogP) is 1.24. The van der Waals surface area contributed by atoms with Gasteiger partial charge in [-0.3, -0.25) is 0 Å². The number of thioether (sulfide) groups is 1. The van der Waals surface area contributed by atoms with E-state index in [1.165, 1.54) is 4.90 Å². The highest BCUT2D eigenvalue weighted by atomic mass is 32.2. The average molecular weight is 248 g/mol. The molecular weight excluding hydrogens is 228 g/mol. The molecule has 16 heavy (non-hydrogen) atoms. The summed E-state index contributed by atoms with van der Waals surface area (Å²) in [7, 11) is 1.67. The van der Waals surface area contributed by atoms with Crippen molar-refractivity contribution in [1.82, 2.24) is 10.2 Å². The second-order valence-corrected chi connectivity index (χ2v) is 4.57. The monoisotopic (exact) mass is 248 g/mol. The number of urea groups is 1. The van der Waals surface area contributed by atoms with Crippen LogP contribution in [0.1, 0.15) is 20.3 Å². The Morgan fingerprint density at radius 1 is 1.50 bits per heavy atom. The Labute approximate surface area is 101 Å². The SMILES string of the molecule is CC[C@@H](NC(=O)N(C)C(C)CSC)C(=O)O. The van der Waals surface area contributed by atoms with Gasteiger partial charge in [0.25, 0.3) is 0 Å². The van der Waals surface area contributed by atoms with E-state index in [1.807, 2.05) is 13.2 Å². The Hall–Kier alpha value is -0.910. The number of carbonyl (C=O) groups is 2. The summed E-state index contributed by atoms with van der Waals surface area (Å²) in [5, 5.41) is 11.3. The molecule has 0 aliphatic carbocycles. The van der Waals surface area contributed by atoms with Crippen LogP contribution in [0.15, 0.2) is 0 Å². The molecule has 0 aliphatic rings. The van der Waals surface area contributed by atoms with Gasteiger partial charge in [-0.2, -0.15) is 11.8 Å². The van der Waals surface area contributed by atoms with E-state index in [1.54, 1.807) is 25.7 Å². The Balaban J connectivity index is 4.28. The van der Waals surface area contributed by atoms with Crippen molar-refractivity contribution in [1.29, 1.82) is 0 Å². The van der Waals surface area contributed by atoms with Gasteiger partial charge in [0.05, 0.1) is 0 Å². The molecule has 0 saturated carbocycles. The maximum atomic E-state index is 11.7. The van der Waals surface area contributed by atoms with Crippen molar-refractivity contribution < 1.29 is 14.7 Å². The van der Waals surface area contributed by atoms with Gasteiger partial charge >= 0.3 is 12.0 Å². The minimum atomic E-state index is -0.998. The average Bonchev–Trinajstić information content (AvgIpc) is 2.24. The summed E-state index contributed by atoms with van der Waals surface area (Å²) in [6.07, 6.45) is 2.35. The summed E-state index contributed by atoms with van der Waals surface area (Å²) in [6.45, 7) is 3.65. The van der Waals surface area contributed by atoms with Crippen molar-refractivity contribution in [3.63, 3.8) is 0 Å². The summed E-state index contributed by atoms with van der Waals surface area (Å²) in [5.74, 6) is -0.171. The van der Waals surface area contributed by atoms with Crippen LogP contribution in [0.3, 0.4) is 0 Å². The lowest BCUT2D eigenvalue weighted by molar-refractivity contribution is -0.139. The Bertz CT molecular complexity index is 248. The second kappa shape index (κ2) is 7.38. The van der Waals surface area contributed by atoms with E-state index in [0.717, 1.165) is 5.75 Å². The van der Waals surface area contributed by atoms with E-state index in [2.05, 4.69) is 5.32 Å². The first-order valence-electron chi connectivity index (χ1n) is 5.19. The summed E-state index contributed by atoms with van der Waals surface area (Å²) in [4.78, 5) is 24.0. The Morgan fingerprint density at radius 2 is 2.06 bits per heavy atom.